The predicted molar refractivity (Wildman–Crippen MR) is 82.6 cm³/mol. The Morgan fingerprint density at radius 3 is 2.14 bits per heavy atom. The Labute approximate surface area is 127 Å². The molecular formula is C15H29N5O. The minimum Gasteiger partial charge on any atom is -0.368 e. The van der Waals surface area contributed by atoms with Crippen LogP contribution >= 0.6 is 0 Å². The van der Waals surface area contributed by atoms with Crippen molar-refractivity contribution in [3.63, 3.8) is 0 Å². The predicted octanol–water partition coefficient (Wildman–Crippen LogP) is 2.62. The van der Waals surface area contributed by atoms with Crippen LogP contribution in [0.4, 0.5) is 0 Å². The zero-order valence-electron chi connectivity index (χ0n) is 13.3. The summed E-state index contributed by atoms with van der Waals surface area (Å²) in [6, 6.07) is 0. The Morgan fingerprint density at radius 1 is 1.00 bits per heavy atom. The fourth-order valence-electron chi connectivity index (χ4n) is 2.35. The first-order valence-electron chi connectivity index (χ1n) is 8.27. The van der Waals surface area contributed by atoms with Crippen molar-refractivity contribution in [2.45, 2.75) is 84.1 Å². The molecule has 0 unspecified atom stereocenters. The minimum atomic E-state index is -0.446. The van der Waals surface area contributed by atoms with E-state index < -0.39 is 5.91 Å². The molecule has 0 aliphatic heterocycles. The number of unbranched alkanes of at least 4 members (excludes halogenated alkanes) is 9. The van der Waals surface area contributed by atoms with E-state index in [1.165, 1.54) is 62.6 Å². The standard InChI is InChI=1S/C15H29N5O/c1-2-3-4-5-6-7-8-9-10-11-12-15-17-19-20(18-15)13-14(16)21/h2-13H2,1H3,(H2,16,21). The number of nitrogens with two attached hydrogens (primary N) is 1. The van der Waals surface area contributed by atoms with Gasteiger partial charge in [0.05, 0.1) is 0 Å². The van der Waals surface area contributed by atoms with E-state index in [9.17, 15) is 4.79 Å². The van der Waals surface area contributed by atoms with Crippen LogP contribution in [0.25, 0.3) is 0 Å². The molecule has 0 spiro atoms. The van der Waals surface area contributed by atoms with Crippen LogP contribution in [0.2, 0.25) is 0 Å². The van der Waals surface area contributed by atoms with Crippen LogP contribution in [-0.4, -0.2) is 26.1 Å². The number of rotatable bonds is 13. The normalized spacial score (nSPS) is 10.9. The topological polar surface area (TPSA) is 86.7 Å². The molecule has 6 heteroatoms. The van der Waals surface area contributed by atoms with Crippen LogP contribution in [0.1, 0.15) is 77.0 Å². The van der Waals surface area contributed by atoms with E-state index in [0.717, 1.165) is 12.8 Å². The van der Waals surface area contributed by atoms with Gasteiger partial charge in [0.1, 0.15) is 6.54 Å². The number of carbonyl (C=O) groups excluding carboxylic acids is 1. The van der Waals surface area contributed by atoms with Gasteiger partial charge in [-0.2, -0.15) is 4.80 Å². The second-order valence-corrected chi connectivity index (χ2v) is 5.63. The lowest BCUT2D eigenvalue weighted by atomic mass is 10.1. The molecule has 0 aromatic carbocycles. The lowest BCUT2D eigenvalue weighted by Crippen LogP contribution is -2.20. The van der Waals surface area contributed by atoms with Crippen LogP contribution < -0.4 is 5.73 Å². The smallest absolute Gasteiger partial charge is 0.241 e. The van der Waals surface area contributed by atoms with Crippen LogP contribution in [0, 0.1) is 0 Å². The Hall–Kier alpha value is -1.46. The molecule has 0 saturated carbocycles. The van der Waals surface area contributed by atoms with Crippen molar-refractivity contribution in [1.29, 1.82) is 0 Å². The van der Waals surface area contributed by atoms with Gasteiger partial charge in [-0.05, 0) is 11.6 Å². The van der Waals surface area contributed by atoms with Crippen molar-refractivity contribution in [2.24, 2.45) is 5.73 Å². The summed E-state index contributed by atoms with van der Waals surface area (Å²) < 4.78 is 0. The highest BCUT2D eigenvalue weighted by atomic mass is 16.1. The average Bonchev–Trinajstić information content (AvgIpc) is 2.87. The number of nitrogens with zero attached hydrogens (tertiary/aromatic N) is 4. The van der Waals surface area contributed by atoms with Crippen molar-refractivity contribution in [1.82, 2.24) is 20.2 Å². The molecule has 120 valence electrons. The van der Waals surface area contributed by atoms with Crippen LogP contribution in [-0.2, 0) is 17.8 Å². The van der Waals surface area contributed by atoms with E-state index in [4.69, 9.17) is 5.73 Å². The number of aromatic nitrogens is 4. The van der Waals surface area contributed by atoms with Gasteiger partial charge in [0.25, 0.3) is 0 Å². The summed E-state index contributed by atoms with van der Waals surface area (Å²) >= 11 is 0. The molecule has 0 saturated heterocycles. The third-order valence-corrected chi connectivity index (χ3v) is 3.55. The summed E-state index contributed by atoms with van der Waals surface area (Å²) in [6.07, 6.45) is 13.9. The number of hydrogen-bond donors (Lipinski definition) is 1. The van der Waals surface area contributed by atoms with Crippen molar-refractivity contribution in [3.05, 3.63) is 5.82 Å². The van der Waals surface area contributed by atoms with Crippen molar-refractivity contribution < 1.29 is 4.79 Å². The molecule has 21 heavy (non-hydrogen) atoms. The molecule has 0 aliphatic carbocycles. The van der Waals surface area contributed by atoms with Gasteiger partial charge in [0.2, 0.25) is 5.91 Å². The van der Waals surface area contributed by atoms with E-state index in [2.05, 4.69) is 22.3 Å². The molecule has 1 aromatic heterocycles. The van der Waals surface area contributed by atoms with E-state index in [1.807, 2.05) is 0 Å². The summed E-state index contributed by atoms with van der Waals surface area (Å²) in [5, 5.41) is 11.8. The zero-order valence-corrected chi connectivity index (χ0v) is 13.3. The highest BCUT2D eigenvalue weighted by Crippen LogP contribution is 2.11. The number of carbonyl (C=O) groups is 1. The van der Waals surface area contributed by atoms with Crippen LogP contribution in [0.15, 0.2) is 0 Å². The number of aryl methyl sites for hydroxylation is 1. The van der Waals surface area contributed by atoms with Crippen molar-refractivity contribution >= 4 is 5.91 Å². The van der Waals surface area contributed by atoms with E-state index in [-0.39, 0.29) is 6.54 Å². The lowest BCUT2D eigenvalue weighted by Gasteiger charge is -2.01. The Kier molecular flexibility index (Phi) is 9.40. The monoisotopic (exact) mass is 295 g/mol. The lowest BCUT2D eigenvalue weighted by molar-refractivity contribution is -0.118. The number of hydrogen-bond acceptors (Lipinski definition) is 4. The van der Waals surface area contributed by atoms with Crippen molar-refractivity contribution in [3.8, 4) is 0 Å². The zero-order chi connectivity index (χ0) is 15.3. The molecule has 0 bridgehead atoms. The van der Waals surface area contributed by atoms with Gasteiger partial charge in [-0.1, -0.05) is 64.7 Å². The van der Waals surface area contributed by atoms with Gasteiger partial charge >= 0.3 is 0 Å². The fourth-order valence-corrected chi connectivity index (χ4v) is 2.35. The second-order valence-electron chi connectivity index (χ2n) is 5.63. The van der Waals surface area contributed by atoms with E-state index in [1.54, 1.807) is 0 Å². The van der Waals surface area contributed by atoms with Gasteiger partial charge in [-0.3, -0.25) is 4.79 Å². The molecule has 2 N–H and O–H groups in total. The maximum absolute atomic E-state index is 10.7. The summed E-state index contributed by atoms with van der Waals surface area (Å²) in [7, 11) is 0. The molecule has 1 rings (SSSR count). The third-order valence-electron chi connectivity index (χ3n) is 3.55. The SMILES string of the molecule is CCCCCCCCCCCCc1nnn(CC(N)=O)n1. The molecule has 0 radical (unpaired) electrons. The van der Waals surface area contributed by atoms with Gasteiger partial charge < -0.3 is 5.73 Å². The summed E-state index contributed by atoms with van der Waals surface area (Å²) in [5.41, 5.74) is 5.07. The maximum atomic E-state index is 10.7. The Balaban J connectivity index is 1.94. The summed E-state index contributed by atoms with van der Waals surface area (Å²) in [6.45, 7) is 2.26. The quantitative estimate of drug-likeness (QED) is 0.567. The largest absolute Gasteiger partial charge is 0.368 e. The number of primary amides is 1. The van der Waals surface area contributed by atoms with E-state index in [0.29, 0.717) is 5.82 Å². The third kappa shape index (κ3) is 9.15. The first kappa shape index (κ1) is 17.6. The Morgan fingerprint density at radius 2 is 1.57 bits per heavy atom. The number of tetrazole rings is 1. The molecule has 1 amide bonds. The fraction of sp³-hybridized carbons (Fsp3) is 0.867. The molecule has 0 atom stereocenters. The molecular weight excluding hydrogens is 266 g/mol. The van der Waals surface area contributed by atoms with Gasteiger partial charge in [0, 0.05) is 6.42 Å². The number of amides is 1. The first-order valence-corrected chi connectivity index (χ1v) is 8.27. The average molecular weight is 295 g/mol. The Bertz CT molecular complexity index is 391. The van der Waals surface area contributed by atoms with E-state index >= 15 is 0 Å². The van der Waals surface area contributed by atoms with Gasteiger partial charge in [0.15, 0.2) is 5.82 Å². The molecule has 0 fully saturated rings. The summed E-state index contributed by atoms with van der Waals surface area (Å²) in [4.78, 5) is 12.0. The van der Waals surface area contributed by atoms with Gasteiger partial charge in [-0.25, -0.2) is 0 Å². The molecule has 1 aromatic rings. The van der Waals surface area contributed by atoms with Crippen molar-refractivity contribution in [2.75, 3.05) is 0 Å². The first-order chi connectivity index (χ1) is 10.2. The highest BCUT2D eigenvalue weighted by Gasteiger charge is 2.04. The van der Waals surface area contributed by atoms with Gasteiger partial charge in [-0.15, -0.1) is 10.2 Å². The minimum absolute atomic E-state index is 0.00499. The molecule has 6 nitrogen and oxygen atoms in total. The molecule has 1 heterocycles. The summed E-state index contributed by atoms with van der Waals surface area (Å²) in [5.74, 6) is 0.258. The highest BCUT2D eigenvalue weighted by molar-refractivity contribution is 5.73. The van der Waals surface area contributed by atoms with Crippen LogP contribution in [0.5, 0.6) is 0 Å². The van der Waals surface area contributed by atoms with Crippen LogP contribution in [0.3, 0.4) is 0 Å². The molecule has 0 aliphatic rings. The second kappa shape index (κ2) is 11.2. The maximum Gasteiger partial charge on any atom is 0.241 e.